The molecule has 0 radical (unpaired) electrons. The number of ether oxygens (including phenoxy) is 1. The summed E-state index contributed by atoms with van der Waals surface area (Å²) in [4.78, 5) is 23.5. The van der Waals surface area contributed by atoms with E-state index in [0.29, 0.717) is 5.57 Å². The van der Waals surface area contributed by atoms with Crippen molar-refractivity contribution in [3.05, 3.63) is 5.57 Å². The van der Waals surface area contributed by atoms with Crippen molar-refractivity contribution in [1.82, 2.24) is 4.90 Å². The summed E-state index contributed by atoms with van der Waals surface area (Å²) in [6.45, 7) is 5.63. The molecule has 5 heteroatoms. The number of carbonyl (C=O) groups is 1. The average molecular weight is 222 g/mol. The number of nitriles is 1. The molecule has 0 aromatic carbocycles. The van der Waals surface area contributed by atoms with Crippen LogP contribution < -0.4 is 0 Å². The van der Waals surface area contributed by atoms with Crippen LogP contribution in [-0.4, -0.2) is 35.6 Å². The first-order chi connectivity index (χ1) is 7.37. The van der Waals surface area contributed by atoms with Crippen molar-refractivity contribution >= 4 is 12.0 Å². The summed E-state index contributed by atoms with van der Waals surface area (Å²) in [5.74, 6) is 1.16. The van der Waals surface area contributed by atoms with Crippen LogP contribution in [0.3, 0.4) is 0 Å². The fraction of sp³-hybridized carbons (Fsp3) is 0.636. The molecule has 16 heavy (non-hydrogen) atoms. The van der Waals surface area contributed by atoms with Crippen LogP contribution >= 0.6 is 0 Å². The monoisotopic (exact) mass is 222 g/mol. The highest BCUT2D eigenvalue weighted by molar-refractivity contribution is 5.71. The maximum Gasteiger partial charge on any atom is 0.410 e. The van der Waals surface area contributed by atoms with Crippen molar-refractivity contribution in [1.29, 1.82) is 5.26 Å². The van der Waals surface area contributed by atoms with Gasteiger partial charge in [-0.2, -0.15) is 5.26 Å². The summed E-state index contributed by atoms with van der Waals surface area (Å²) in [6, 6.07) is 1.96. The van der Waals surface area contributed by atoms with Crippen molar-refractivity contribution in [2.24, 2.45) is 5.92 Å². The van der Waals surface area contributed by atoms with Gasteiger partial charge in [0.15, 0.2) is 0 Å². The number of likely N-dealkylation sites (tertiary alicyclic amines) is 1. The zero-order chi connectivity index (χ0) is 12.3. The van der Waals surface area contributed by atoms with Crippen molar-refractivity contribution in [3.8, 4) is 6.07 Å². The van der Waals surface area contributed by atoms with Crippen LogP contribution in [0.1, 0.15) is 20.8 Å². The highest BCUT2D eigenvalue weighted by Gasteiger charge is 2.33. The Bertz CT molecular complexity index is 383. The lowest BCUT2D eigenvalue weighted by Gasteiger charge is -2.23. The number of nitrogens with zero attached hydrogens (tertiary/aromatic N) is 2. The normalized spacial score (nSPS) is 20.2. The van der Waals surface area contributed by atoms with Gasteiger partial charge in [-0.25, -0.2) is 9.59 Å². The highest BCUT2D eigenvalue weighted by atomic mass is 16.6. The number of rotatable bonds is 0. The van der Waals surface area contributed by atoms with Crippen LogP contribution in [0.25, 0.3) is 0 Å². The molecule has 0 aromatic rings. The van der Waals surface area contributed by atoms with Crippen molar-refractivity contribution in [2.45, 2.75) is 26.4 Å². The summed E-state index contributed by atoms with van der Waals surface area (Å²) in [7, 11) is 0. The molecule has 1 fully saturated rings. The summed E-state index contributed by atoms with van der Waals surface area (Å²) >= 11 is 0. The minimum atomic E-state index is -0.577. The summed E-state index contributed by atoms with van der Waals surface area (Å²) < 4.78 is 5.14. The molecule has 5 nitrogen and oxygen atoms in total. The first-order valence-corrected chi connectivity index (χ1v) is 4.99. The quantitative estimate of drug-likeness (QED) is 0.576. The van der Waals surface area contributed by atoms with E-state index in [1.807, 2.05) is 6.07 Å². The van der Waals surface area contributed by atoms with Crippen molar-refractivity contribution < 1.29 is 14.3 Å². The molecule has 0 N–H and O–H groups in total. The molecule has 1 aliphatic rings. The van der Waals surface area contributed by atoms with Gasteiger partial charge in [0.1, 0.15) is 11.5 Å². The smallest absolute Gasteiger partial charge is 0.410 e. The number of amides is 1. The number of carbonyl (C=O) groups excluding carboxylic acids is 2. The molecule has 0 aromatic heterocycles. The van der Waals surface area contributed by atoms with E-state index < -0.39 is 17.6 Å². The minimum absolute atomic E-state index is 0.136. The molecule has 1 atom stereocenters. The van der Waals surface area contributed by atoms with Gasteiger partial charge in [-0.15, -0.1) is 0 Å². The fourth-order valence-electron chi connectivity index (χ4n) is 1.40. The molecule has 1 rings (SSSR count). The van der Waals surface area contributed by atoms with E-state index in [1.165, 1.54) is 4.90 Å². The Balaban J connectivity index is 2.70. The molecule has 0 aliphatic carbocycles. The molecule has 1 aliphatic heterocycles. The molecule has 86 valence electrons. The SMILES string of the molecule is CC(C)(C)OC(=O)N1CC(=C=O)C(C#N)C1. The van der Waals surface area contributed by atoms with E-state index in [9.17, 15) is 9.59 Å². The lowest BCUT2D eigenvalue weighted by molar-refractivity contribution is 0.0295. The third-order valence-corrected chi connectivity index (χ3v) is 2.12. The summed E-state index contributed by atoms with van der Waals surface area (Å²) in [5.41, 5.74) is -0.263. The van der Waals surface area contributed by atoms with Crippen LogP contribution in [-0.2, 0) is 9.53 Å². The van der Waals surface area contributed by atoms with Gasteiger partial charge in [0.05, 0.1) is 24.1 Å². The van der Waals surface area contributed by atoms with Crippen LogP contribution in [0.5, 0.6) is 0 Å². The zero-order valence-corrected chi connectivity index (χ0v) is 9.61. The first-order valence-electron chi connectivity index (χ1n) is 4.99. The van der Waals surface area contributed by atoms with E-state index in [4.69, 9.17) is 10.00 Å². The molecule has 1 saturated heterocycles. The van der Waals surface area contributed by atoms with Gasteiger partial charge in [0, 0.05) is 6.54 Å². The van der Waals surface area contributed by atoms with E-state index in [2.05, 4.69) is 0 Å². The number of hydrogen-bond acceptors (Lipinski definition) is 4. The fourth-order valence-corrected chi connectivity index (χ4v) is 1.40. The molecular weight excluding hydrogens is 208 g/mol. The number of hydrogen-bond donors (Lipinski definition) is 0. The van der Waals surface area contributed by atoms with Gasteiger partial charge >= 0.3 is 6.09 Å². The van der Waals surface area contributed by atoms with Crippen LogP contribution in [0.4, 0.5) is 4.79 Å². The van der Waals surface area contributed by atoms with E-state index in [0.717, 1.165) is 0 Å². The van der Waals surface area contributed by atoms with Crippen LogP contribution in [0, 0.1) is 17.2 Å². The average Bonchev–Trinajstić information content (AvgIpc) is 2.57. The topological polar surface area (TPSA) is 70.4 Å². The second kappa shape index (κ2) is 4.38. The Kier molecular flexibility index (Phi) is 3.36. The summed E-state index contributed by atoms with van der Waals surface area (Å²) in [6.07, 6.45) is -0.502. The van der Waals surface area contributed by atoms with Crippen LogP contribution in [0.2, 0.25) is 0 Å². The second-order valence-electron chi connectivity index (χ2n) is 4.67. The molecule has 1 amide bonds. The van der Waals surface area contributed by atoms with Gasteiger partial charge in [0.2, 0.25) is 0 Å². The van der Waals surface area contributed by atoms with Gasteiger partial charge in [-0.3, -0.25) is 0 Å². The van der Waals surface area contributed by atoms with E-state index in [-0.39, 0.29) is 13.1 Å². The standard InChI is InChI=1S/C11H14N2O3/c1-11(2,3)16-10(15)13-5-8(4-12)9(6-13)7-14/h8H,5-6H2,1-3H3. The molecule has 1 unspecified atom stereocenters. The van der Waals surface area contributed by atoms with Crippen molar-refractivity contribution in [3.63, 3.8) is 0 Å². The zero-order valence-electron chi connectivity index (χ0n) is 9.61. The third kappa shape index (κ3) is 2.85. The van der Waals surface area contributed by atoms with Crippen LogP contribution in [0.15, 0.2) is 5.57 Å². The van der Waals surface area contributed by atoms with Gasteiger partial charge < -0.3 is 9.64 Å². The Labute approximate surface area is 94.3 Å². The Morgan fingerprint density at radius 2 is 2.19 bits per heavy atom. The van der Waals surface area contributed by atoms with E-state index >= 15 is 0 Å². The molecule has 1 heterocycles. The molecular formula is C11H14N2O3. The maximum absolute atomic E-state index is 11.6. The molecule has 0 spiro atoms. The second-order valence-corrected chi connectivity index (χ2v) is 4.67. The highest BCUT2D eigenvalue weighted by Crippen LogP contribution is 2.21. The lowest BCUT2D eigenvalue weighted by atomic mass is 10.1. The summed E-state index contributed by atoms with van der Waals surface area (Å²) in [5, 5.41) is 8.77. The Morgan fingerprint density at radius 1 is 1.56 bits per heavy atom. The van der Waals surface area contributed by atoms with Gasteiger partial charge in [0.25, 0.3) is 0 Å². The lowest BCUT2D eigenvalue weighted by Crippen LogP contribution is -2.35. The van der Waals surface area contributed by atoms with Gasteiger partial charge in [-0.1, -0.05) is 0 Å². The van der Waals surface area contributed by atoms with Gasteiger partial charge in [-0.05, 0) is 20.8 Å². The molecule has 0 bridgehead atoms. The predicted molar refractivity (Wildman–Crippen MR) is 56.1 cm³/mol. The maximum atomic E-state index is 11.6. The molecule has 0 saturated carbocycles. The largest absolute Gasteiger partial charge is 0.444 e. The van der Waals surface area contributed by atoms with Crippen molar-refractivity contribution in [2.75, 3.05) is 13.1 Å². The minimum Gasteiger partial charge on any atom is -0.444 e. The third-order valence-electron chi connectivity index (χ3n) is 2.12. The predicted octanol–water partition coefficient (Wildman–Crippen LogP) is 1.13. The Morgan fingerprint density at radius 3 is 2.56 bits per heavy atom. The first kappa shape index (κ1) is 12.3. The Hall–Kier alpha value is -1.79. The van der Waals surface area contributed by atoms with E-state index in [1.54, 1.807) is 26.7 Å².